The lowest BCUT2D eigenvalue weighted by Crippen LogP contribution is -2.53. The standard InChI is InChI=1S/C26H33N3O3/c1-18-6-5-7-23(19(18)2)28-14-16-29(17-15-28)26(31)22-12-13-24(30)27(3)25(22)20-8-10-21(32-4)11-9-20/h5-11,22,25H,12-17H2,1-4H3/t22-,25+/m1/s1. The highest BCUT2D eigenvalue weighted by atomic mass is 16.5. The van der Waals surface area contributed by atoms with Gasteiger partial charge in [0.05, 0.1) is 19.1 Å². The summed E-state index contributed by atoms with van der Waals surface area (Å²) in [5.74, 6) is 0.794. The zero-order valence-electron chi connectivity index (χ0n) is 19.5. The van der Waals surface area contributed by atoms with Crippen molar-refractivity contribution in [3.63, 3.8) is 0 Å². The molecule has 2 aliphatic heterocycles. The number of rotatable bonds is 4. The minimum atomic E-state index is -0.244. The normalized spacial score (nSPS) is 21.6. The molecule has 6 nitrogen and oxygen atoms in total. The highest BCUT2D eigenvalue weighted by Crippen LogP contribution is 2.37. The Morgan fingerprint density at radius 2 is 1.69 bits per heavy atom. The molecule has 4 rings (SSSR count). The number of amides is 2. The minimum Gasteiger partial charge on any atom is -0.497 e. The molecule has 32 heavy (non-hydrogen) atoms. The van der Waals surface area contributed by atoms with Crippen LogP contribution >= 0.6 is 0 Å². The van der Waals surface area contributed by atoms with Gasteiger partial charge in [-0.15, -0.1) is 0 Å². The average molecular weight is 436 g/mol. The Labute approximate surface area is 190 Å². The molecule has 2 aromatic carbocycles. The molecular formula is C26H33N3O3. The van der Waals surface area contributed by atoms with Gasteiger partial charge in [0.1, 0.15) is 5.75 Å². The fourth-order valence-corrected chi connectivity index (χ4v) is 5.03. The molecular weight excluding hydrogens is 402 g/mol. The van der Waals surface area contributed by atoms with E-state index in [1.165, 1.54) is 16.8 Å². The molecule has 2 aliphatic rings. The third kappa shape index (κ3) is 4.18. The Morgan fingerprint density at radius 3 is 2.34 bits per heavy atom. The molecule has 2 amide bonds. The average Bonchev–Trinajstić information content (AvgIpc) is 2.82. The second kappa shape index (κ2) is 9.23. The zero-order valence-corrected chi connectivity index (χ0v) is 19.5. The van der Waals surface area contributed by atoms with Gasteiger partial charge in [-0.25, -0.2) is 0 Å². The van der Waals surface area contributed by atoms with Crippen molar-refractivity contribution >= 4 is 17.5 Å². The van der Waals surface area contributed by atoms with Crippen molar-refractivity contribution in [2.75, 3.05) is 45.2 Å². The first-order valence-corrected chi connectivity index (χ1v) is 11.4. The number of hydrogen-bond acceptors (Lipinski definition) is 4. The molecule has 2 fully saturated rings. The minimum absolute atomic E-state index is 0.0922. The van der Waals surface area contributed by atoms with Crippen molar-refractivity contribution < 1.29 is 14.3 Å². The van der Waals surface area contributed by atoms with Crippen molar-refractivity contribution in [3.05, 3.63) is 59.2 Å². The van der Waals surface area contributed by atoms with Gasteiger partial charge in [-0.1, -0.05) is 24.3 Å². The molecule has 0 aromatic heterocycles. The lowest BCUT2D eigenvalue weighted by molar-refractivity contribution is -0.146. The predicted molar refractivity (Wildman–Crippen MR) is 126 cm³/mol. The summed E-state index contributed by atoms with van der Waals surface area (Å²) in [6.45, 7) is 7.36. The monoisotopic (exact) mass is 435 g/mol. The topological polar surface area (TPSA) is 53.1 Å². The zero-order chi connectivity index (χ0) is 22.8. The van der Waals surface area contributed by atoms with E-state index < -0.39 is 0 Å². The number of anilines is 1. The molecule has 0 radical (unpaired) electrons. The quantitative estimate of drug-likeness (QED) is 0.737. The highest BCUT2D eigenvalue weighted by Gasteiger charge is 2.41. The van der Waals surface area contributed by atoms with E-state index in [0.29, 0.717) is 25.9 Å². The first kappa shape index (κ1) is 22.2. The van der Waals surface area contributed by atoms with Crippen molar-refractivity contribution in [2.24, 2.45) is 5.92 Å². The van der Waals surface area contributed by atoms with Crippen LogP contribution in [0.4, 0.5) is 5.69 Å². The molecule has 0 aliphatic carbocycles. The SMILES string of the molecule is COc1ccc([C@H]2[C@H](C(=O)N3CCN(c4cccc(C)c4C)CC3)CCC(=O)N2C)cc1. The Balaban J connectivity index is 1.49. The predicted octanol–water partition coefficient (Wildman–Crippen LogP) is 3.57. The van der Waals surface area contributed by atoms with Crippen LogP contribution in [-0.2, 0) is 9.59 Å². The molecule has 2 atom stereocenters. The number of hydrogen-bond donors (Lipinski definition) is 0. The van der Waals surface area contributed by atoms with Crippen LogP contribution in [-0.4, -0.2) is 62.0 Å². The molecule has 0 spiro atoms. The Morgan fingerprint density at radius 1 is 1.00 bits per heavy atom. The molecule has 0 N–H and O–H groups in total. The number of piperidine rings is 1. The van der Waals surface area contributed by atoms with Crippen LogP contribution < -0.4 is 9.64 Å². The van der Waals surface area contributed by atoms with E-state index in [4.69, 9.17) is 4.74 Å². The number of piperazine rings is 1. The lowest BCUT2D eigenvalue weighted by Gasteiger charge is -2.43. The van der Waals surface area contributed by atoms with Gasteiger partial charge in [-0.3, -0.25) is 9.59 Å². The van der Waals surface area contributed by atoms with Crippen LogP contribution in [0.15, 0.2) is 42.5 Å². The second-order valence-electron chi connectivity index (χ2n) is 8.90. The Bertz CT molecular complexity index is 980. The molecule has 6 heteroatoms. The number of methoxy groups -OCH3 is 1. The molecule has 0 bridgehead atoms. The number of aryl methyl sites for hydroxylation is 1. The van der Waals surface area contributed by atoms with Crippen molar-refractivity contribution in [3.8, 4) is 5.75 Å². The summed E-state index contributed by atoms with van der Waals surface area (Å²) in [7, 11) is 3.45. The van der Waals surface area contributed by atoms with Crippen molar-refractivity contribution in [2.45, 2.75) is 32.7 Å². The summed E-state index contributed by atoms with van der Waals surface area (Å²) in [5, 5.41) is 0. The highest BCUT2D eigenvalue weighted by molar-refractivity contribution is 5.85. The number of likely N-dealkylation sites (tertiary alicyclic amines) is 1. The van der Waals surface area contributed by atoms with Crippen LogP contribution in [0.25, 0.3) is 0 Å². The maximum absolute atomic E-state index is 13.6. The van der Waals surface area contributed by atoms with E-state index in [9.17, 15) is 9.59 Å². The molecule has 0 saturated carbocycles. The molecule has 2 aromatic rings. The third-order valence-electron chi connectivity index (χ3n) is 7.14. The number of carbonyl (C=O) groups is 2. The Kier molecular flexibility index (Phi) is 6.40. The summed E-state index contributed by atoms with van der Waals surface area (Å²) >= 11 is 0. The van der Waals surface area contributed by atoms with E-state index in [2.05, 4.69) is 36.9 Å². The van der Waals surface area contributed by atoms with Gasteiger partial charge in [0.2, 0.25) is 11.8 Å². The van der Waals surface area contributed by atoms with Gasteiger partial charge in [-0.2, -0.15) is 0 Å². The van der Waals surface area contributed by atoms with Crippen LogP contribution in [0.2, 0.25) is 0 Å². The summed E-state index contributed by atoms with van der Waals surface area (Å²) in [6.07, 6.45) is 1.01. The van der Waals surface area contributed by atoms with Crippen molar-refractivity contribution in [1.82, 2.24) is 9.80 Å². The molecule has 2 saturated heterocycles. The van der Waals surface area contributed by atoms with Gasteiger partial charge >= 0.3 is 0 Å². The fraction of sp³-hybridized carbons (Fsp3) is 0.462. The summed E-state index contributed by atoms with van der Waals surface area (Å²) < 4.78 is 5.28. The number of carbonyl (C=O) groups excluding carboxylic acids is 2. The Hall–Kier alpha value is -3.02. The van der Waals surface area contributed by atoms with Crippen LogP contribution in [0, 0.1) is 19.8 Å². The summed E-state index contributed by atoms with van der Waals surface area (Å²) in [6, 6.07) is 13.9. The molecule has 170 valence electrons. The maximum atomic E-state index is 13.6. The maximum Gasteiger partial charge on any atom is 0.228 e. The molecule has 2 heterocycles. The number of benzene rings is 2. The van der Waals surface area contributed by atoms with Crippen molar-refractivity contribution in [1.29, 1.82) is 0 Å². The third-order valence-corrected chi connectivity index (χ3v) is 7.14. The summed E-state index contributed by atoms with van der Waals surface area (Å²) in [5.41, 5.74) is 4.84. The lowest BCUT2D eigenvalue weighted by atomic mass is 9.83. The van der Waals surface area contributed by atoms with E-state index >= 15 is 0 Å². The van der Waals surface area contributed by atoms with Crippen LogP contribution in [0.3, 0.4) is 0 Å². The number of nitrogens with zero attached hydrogens (tertiary/aromatic N) is 3. The second-order valence-corrected chi connectivity index (χ2v) is 8.90. The van der Waals surface area contributed by atoms with Gasteiger partial charge in [0, 0.05) is 45.3 Å². The van der Waals surface area contributed by atoms with E-state index in [1.807, 2.05) is 36.2 Å². The van der Waals surface area contributed by atoms with Gasteiger partial charge < -0.3 is 19.4 Å². The largest absolute Gasteiger partial charge is 0.497 e. The number of ether oxygens (including phenoxy) is 1. The fourth-order valence-electron chi connectivity index (χ4n) is 5.03. The van der Waals surface area contributed by atoms with Gasteiger partial charge in [0.15, 0.2) is 0 Å². The van der Waals surface area contributed by atoms with E-state index in [1.54, 1.807) is 12.0 Å². The smallest absolute Gasteiger partial charge is 0.228 e. The first-order chi connectivity index (χ1) is 15.4. The van der Waals surface area contributed by atoms with Gasteiger partial charge in [-0.05, 0) is 55.2 Å². The van der Waals surface area contributed by atoms with E-state index in [-0.39, 0.29) is 23.8 Å². The summed E-state index contributed by atoms with van der Waals surface area (Å²) in [4.78, 5) is 32.2. The van der Waals surface area contributed by atoms with Gasteiger partial charge in [0.25, 0.3) is 0 Å². The first-order valence-electron chi connectivity index (χ1n) is 11.4. The van der Waals surface area contributed by atoms with Crippen LogP contribution in [0.5, 0.6) is 5.75 Å². The van der Waals surface area contributed by atoms with Crippen LogP contribution in [0.1, 0.15) is 35.6 Å². The van der Waals surface area contributed by atoms with E-state index in [0.717, 1.165) is 24.4 Å². The molecule has 0 unspecified atom stereocenters.